The number of nitrogens with zero attached hydrogens (tertiary/aromatic N) is 2. The number of nitrogens with one attached hydrogen (secondary N) is 1. The van der Waals surface area contributed by atoms with E-state index in [1.54, 1.807) is 62.4 Å². The molecule has 0 aliphatic heterocycles. The molecule has 220 valence electrons. The number of aryl methyl sites for hydroxylation is 1. The molecular formula is C31H33N3O6S2. The molecule has 0 unspecified atom stereocenters. The maximum absolute atomic E-state index is 13.7. The lowest BCUT2D eigenvalue weighted by Crippen LogP contribution is -2.38. The predicted octanol–water partition coefficient (Wildman–Crippen LogP) is 5.65. The smallest absolute Gasteiger partial charge is 0.264 e. The highest BCUT2D eigenvalue weighted by molar-refractivity contribution is 7.92. The zero-order chi connectivity index (χ0) is 30.3. The standard InChI is InChI=1S/C31H33N3O6S2/c1-4-33(5-2)41(36,37)29-21-13-25(14-22-29)32-31(35)23-34(42(38,39)30-19-11-24(3)12-20-30)26-15-17-28(18-16-26)40-27-9-7-6-8-10-27/h6-22H,4-5,23H2,1-3H3,(H,32,35). The molecule has 4 aromatic rings. The minimum atomic E-state index is -4.12. The van der Waals surface area contributed by atoms with Crippen LogP contribution < -0.4 is 14.4 Å². The van der Waals surface area contributed by atoms with Crippen LogP contribution in [0.15, 0.2) is 113 Å². The Morgan fingerprint density at radius 1 is 0.690 bits per heavy atom. The van der Waals surface area contributed by atoms with Crippen molar-refractivity contribution in [2.24, 2.45) is 0 Å². The molecule has 1 amide bonds. The third-order valence-electron chi connectivity index (χ3n) is 6.48. The Morgan fingerprint density at radius 3 is 1.79 bits per heavy atom. The van der Waals surface area contributed by atoms with Crippen LogP contribution in [0.25, 0.3) is 0 Å². The number of hydrogen-bond acceptors (Lipinski definition) is 6. The largest absolute Gasteiger partial charge is 0.457 e. The molecule has 0 saturated heterocycles. The molecule has 0 radical (unpaired) electrons. The topological polar surface area (TPSA) is 113 Å². The number of benzene rings is 4. The zero-order valence-electron chi connectivity index (χ0n) is 23.6. The van der Waals surface area contributed by atoms with Crippen molar-refractivity contribution < 1.29 is 26.4 Å². The van der Waals surface area contributed by atoms with E-state index in [1.807, 2.05) is 25.1 Å². The highest BCUT2D eigenvalue weighted by atomic mass is 32.2. The van der Waals surface area contributed by atoms with Gasteiger partial charge < -0.3 is 10.1 Å². The molecule has 0 aromatic heterocycles. The minimum absolute atomic E-state index is 0.0384. The van der Waals surface area contributed by atoms with Gasteiger partial charge in [-0.2, -0.15) is 4.31 Å². The second-order valence-corrected chi connectivity index (χ2v) is 13.2. The van der Waals surface area contributed by atoms with E-state index < -0.39 is 32.5 Å². The number of hydrogen-bond donors (Lipinski definition) is 1. The van der Waals surface area contributed by atoms with Crippen LogP contribution in [-0.4, -0.2) is 46.7 Å². The van der Waals surface area contributed by atoms with Gasteiger partial charge in [0.2, 0.25) is 15.9 Å². The number of para-hydroxylation sites is 1. The first-order valence-electron chi connectivity index (χ1n) is 13.4. The Bertz CT molecular complexity index is 1700. The van der Waals surface area contributed by atoms with Gasteiger partial charge in [-0.1, -0.05) is 49.7 Å². The van der Waals surface area contributed by atoms with Gasteiger partial charge in [-0.25, -0.2) is 16.8 Å². The monoisotopic (exact) mass is 607 g/mol. The number of anilines is 2. The van der Waals surface area contributed by atoms with Crippen molar-refractivity contribution in [2.75, 3.05) is 29.3 Å². The van der Waals surface area contributed by atoms with E-state index in [2.05, 4.69) is 5.32 Å². The summed E-state index contributed by atoms with van der Waals surface area (Å²) in [6, 6.07) is 27.7. The first-order valence-corrected chi connectivity index (χ1v) is 16.2. The zero-order valence-corrected chi connectivity index (χ0v) is 25.2. The lowest BCUT2D eigenvalue weighted by molar-refractivity contribution is -0.114. The number of carbonyl (C=O) groups is 1. The molecule has 0 aliphatic carbocycles. The van der Waals surface area contributed by atoms with Crippen molar-refractivity contribution >= 4 is 37.3 Å². The molecule has 0 fully saturated rings. The van der Waals surface area contributed by atoms with Crippen LogP contribution in [0.3, 0.4) is 0 Å². The molecule has 0 bridgehead atoms. The first kappa shape index (κ1) is 30.8. The van der Waals surface area contributed by atoms with Gasteiger partial charge in [-0.05, 0) is 79.7 Å². The highest BCUT2D eigenvalue weighted by Crippen LogP contribution is 2.28. The third kappa shape index (κ3) is 7.17. The number of carbonyl (C=O) groups excluding carboxylic acids is 1. The Balaban J connectivity index is 1.58. The molecule has 1 N–H and O–H groups in total. The molecule has 0 atom stereocenters. The van der Waals surface area contributed by atoms with Gasteiger partial charge in [-0.3, -0.25) is 9.10 Å². The molecule has 9 nitrogen and oxygen atoms in total. The van der Waals surface area contributed by atoms with Crippen LogP contribution in [0.1, 0.15) is 19.4 Å². The van der Waals surface area contributed by atoms with E-state index in [1.165, 1.54) is 40.7 Å². The van der Waals surface area contributed by atoms with Crippen molar-refractivity contribution in [1.82, 2.24) is 4.31 Å². The Labute approximate surface area is 247 Å². The molecule has 11 heteroatoms. The fraction of sp³-hybridized carbons (Fsp3) is 0.194. The van der Waals surface area contributed by atoms with E-state index in [0.717, 1.165) is 9.87 Å². The Morgan fingerprint density at radius 2 is 1.21 bits per heavy atom. The summed E-state index contributed by atoms with van der Waals surface area (Å²) >= 11 is 0. The van der Waals surface area contributed by atoms with E-state index in [4.69, 9.17) is 4.74 Å². The molecule has 0 heterocycles. The summed E-state index contributed by atoms with van der Waals surface area (Å²) in [5.74, 6) is 0.529. The number of sulfonamides is 2. The van der Waals surface area contributed by atoms with Gasteiger partial charge in [0.05, 0.1) is 15.5 Å². The van der Waals surface area contributed by atoms with Crippen LogP contribution in [0.5, 0.6) is 11.5 Å². The van der Waals surface area contributed by atoms with E-state index >= 15 is 0 Å². The van der Waals surface area contributed by atoms with E-state index in [-0.39, 0.29) is 15.5 Å². The third-order valence-corrected chi connectivity index (χ3v) is 10.3. The van der Waals surface area contributed by atoms with E-state index in [9.17, 15) is 21.6 Å². The van der Waals surface area contributed by atoms with E-state index in [0.29, 0.717) is 30.3 Å². The molecule has 0 aliphatic rings. The summed E-state index contributed by atoms with van der Waals surface area (Å²) in [7, 11) is -7.78. The van der Waals surface area contributed by atoms with Crippen LogP contribution in [0.2, 0.25) is 0 Å². The normalized spacial score (nSPS) is 11.7. The van der Waals surface area contributed by atoms with Crippen molar-refractivity contribution in [3.05, 3.63) is 109 Å². The van der Waals surface area contributed by atoms with Gasteiger partial charge in [0.1, 0.15) is 18.0 Å². The van der Waals surface area contributed by atoms with Crippen LogP contribution in [-0.2, 0) is 24.8 Å². The van der Waals surface area contributed by atoms with Crippen molar-refractivity contribution in [1.29, 1.82) is 0 Å². The van der Waals surface area contributed by atoms with Gasteiger partial charge in [0, 0.05) is 18.8 Å². The second kappa shape index (κ2) is 13.2. The average Bonchev–Trinajstić information content (AvgIpc) is 2.98. The fourth-order valence-electron chi connectivity index (χ4n) is 4.21. The summed E-state index contributed by atoms with van der Waals surface area (Å²) in [5, 5.41) is 2.68. The molecule has 4 rings (SSSR count). The molecular weight excluding hydrogens is 574 g/mol. The Hall–Kier alpha value is -4.19. The van der Waals surface area contributed by atoms with Crippen molar-refractivity contribution in [3.63, 3.8) is 0 Å². The first-order chi connectivity index (χ1) is 20.0. The highest BCUT2D eigenvalue weighted by Gasteiger charge is 2.28. The summed E-state index contributed by atoms with van der Waals surface area (Å²) < 4.78 is 61.2. The Kier molecular flexibility index (Phi) is 9.66. The number of amides is 1. The quantitative estimate of drug-likeness (QED) is 0.223. The van der Waals surface area contributed by atoms with Gasteiger partial charge in [0.15, 0.2) is 0 Å². The predicted molar refractivity (Wildman–Crippen MR) is 164 cm³/mol. The van der Waals surface area contributed by atoms with Crippen molar-refractivity contribution in [2.45, 2.75) is 30.6 Å². The van der Waals surface area contributed by atoms with Gasteiger partial charge in [0.25, 0.3) is 10.0 Å². The number of rotatable bonds is 12. The summed E-state index contributed by atoms with van der Waals surface area (Å²) in [5.41, 5.74) is 1.50. The SMILES string of the molecule is CCN(CC)S(=O)(=O)c1ccc(NC(=O)CN(c2ccc(Oc3ccccc3)cc2)S(=O)(=O)c2ccc(C)cc2)cc1. The van der Waals surface area contributed by atoms with Crippen LogP contribution in [0, 0.1) is 6.92 Å². The average molecular weight is 608 g/mol. The number of ether oxygens (including phenoxy) is 1. The van der Waals surface area contributed by atoms with Gasteiger partial charge in [-0.15, -0.1) is 0 Å². The van der Waals surface area contributed by atoms with Crippen LogP contribution >= 0.6 is 0 Å². The van der Waals surface area contributed by atoms with Crippen molar-refractivity contribution in [3.8, 4) is 11.5 Å². The fourth-order valence-corrected chi connectivity index (χ4v) is 7.09. The maximum atomic E-state index is 13.7. The summed E-state index contributed by atoms with van der Waals surface area (Å²) in [6.45, 7) is 5.52. The van der Waals surface area contributed by atoms with Gasteiger partial charge >= 0.3 is 0 Å². The second-order valence-electron chi connectivity index (χ2n) is 9.40. The minimum Gasteiger partial charge on any atom is -0.457 e. The maximum Gasteiger partial charge on any atom is 0.264 e. The lowest BCUT2D eigenvalue weighted by Gasteiger charge is -2.24. The molecule has 42 heavy (non-hydrogen) atoms. The molecule has 4 aromatic carbocycles. The lowest BCUT2D eigenvalue weighted by atomic mass is 10.2. The molecule has 0 saturated carbocycles. The van der Waals surface area contributed by atoms with Crippen LogP contribution in [0.4, 0.5) is 11.4 Å². The summed E-state index contributed by atoms with van der Waals surface area (Å²) in [6.07, 6.45) is 0. The molecule has 0 spiro atoms. The summed E-state index contributed by atoms with van der Waals surface area (Å²) in [4.78, 5) is 13.3.